The number of hydrogen-bond donors (Lipinski definition) is 2. The number of ether oxygens (including phenoxy) is 1. The quantitative estimate of drug-likeness (QED) is 0.821. The van der Waals surface area contributed by atoms with E-state index in [1.54, 1.807) is 0 Å². The fourth-order valence-corrected chi connectivity index (χ4v) is 2.30. The van der Waals surface area contributed by atoms with Crippen molar-refractivity contribution in [1.82, 2.24) is 5.32 Å². The summed E-state index contributed by atoms with van der Waals surface area (Å²) in [5, 5.41) is 5.50. The minimum Gasteiger partial charge on any atom is -0.381 e. The molecule has 0 unspecified atom stereocenters. The van der Waals surface area contributed by atoms with E-state index >= 15 is 0 Å². The Morgan fingerprint density at radius 1 is 1.30 bits per heavy atom. The first-order valence-electron chi connectivity index (χ1n) is 6.32. The van der Waals surface area contributed by atoms with Gasteiger partial charge in [0, 0.05) is 25.3 Å². The number of carbonyl (C=O) groups is 1. The van der Waals surface area contributed by atoms with Gasteiger partial charge in [-0.05, 0) is 34.8 Å². The first-order chi connectivity index (χ1) is 9.56. The van der Waals surface area contributed by atoms with E-state index in [-0.39, 0.29) is 28.7 Å². The number of carbonyl (C=O) groups excluding carboxylic acids is 1. The van der Waals surface area contributed by atoms with Crippen LogP contribution in [0.2, 0.25) is 0 Å². The monoisotopic (exact) mass is 348 g/mol. The normalized spacial score (nSPS) is 15.9. The second kappa shape index (κ2) is 6.99. The van der Waals surface area contributed by atoms with Gasteiger partial charge in [-0.25, -0.2) is 8.78 Å². The summed E-state index contributed by atoms with van der Waals surface area (Å²) in [5.41, 5.74) is 0.0837. The molecule has 1 amide bonds. The summed E-state index contributed by atoms with van der Waals surface area (Å²) in [6.07, 6.45) is 1.56. The van der Waals surface area contributed by atoms with E-state index < -0.39 is 11.6 Å². The highest BCUT2D eigenvalue weighted by atomic mass is 79.9. The van der Waals surface area contributed by atoms with Crippen molar-refractivity contribution in [3.63, 3.8) is 0 Å². The van der Waals surface area contributed by atoms with Crippen LogP contribution in [0.5, 0.6) is 0 Å². The summed E-state index contributed by atoms with van der Waals surface area (Å²) in [6.45, 7) is 1.21. The molecular weight excluding hydrogens is 334 g/mol. The first kappa shape index (κ1) is 15.2. The van der Waals surface area contributed by atoms with Crippen LogP contribution < -0.4 is 10.6 Å². The fraction of sp³-hybridized carbons (Fsp3) is 0.462. The zero-order chi connectivity index (χ0) is 14.5. The number of hydrogen-bond acceptors (Lipinski definition) is 3. The van der Waals surface area contributed by atoms with Gasteiger partial charge in [-0.3, -0.25) is 4.79 Å². The van der Waals surface area contributed by atoms with Crippen LogP contribution in [0.1, 0.15) is 12.8 Å². The number of rotatable bonds is 4. The number of amides is 1. The molecule has 1 aromatic carbocycles. The van der Waals surface area contributed by atoms with E-state index in [4.69, 9.17) is 4.74 Å². The molecule has 0 aromatic heterocycles. The SMILES string of the molecule is O=C(CNc1cc(Br)c(F)cc1F)NC1CCOCC1. The largest absolute Gasteiger partial charge is 0.381 e. The highest BCUT2D eigenvalue weighted by Crippen LogP contribution is 2.23. The highest BCUT2D eigenvalue weighted by Gasteiger charge is 2.16. The Kier molecular flexibility index (Phi) is 5.31. The summed E-state index contributed by atoms with van der Waals surface area (Å²) < 4.78 is 31.9. The van der Waals surface area contributed by atoms with E-state index in [0.29, 0.717) is 13.2 Å². The molecule has 0 saturated carbocycles. The van der Waals surface area contributed by atoms with Crippen LogP contribution >= 0.6 is 15.9 Å². The molecule has 1 fully saturated rings. The zero-order valence-corrected chi connectivity index (χ0v) is 12.3. The van der Waals surface area contributed by atoms with Crippen molar-refractivity contribution in [3.05, 3.63) is 28.2 Å². The lowest BCUT2D eigenvalue weighted by Gasteiger charge is -2.23. The van der Waals surface area contributed by atoms with Crippen LogP contribution in [0.15, 0.2) is 16.6 Å². The van der Waals surface area contributed by atoms with Crippen molar-refractivity contribution >= 4 is 27.5 Å². The van der Waals surface area contributed by atoms with E-state index in [1.165, 1.54) is 6.07 Å². The molecule has 2 N–H and O–H groups in total. The van der Waals surface area contributed by atoms with Gasteiger partial charge in [0.05, 0.1) is 16.7 Å². The summed E-state index contributed by atoms with van der Waals surface area (Å²) >= 11 is 2.97. The average Bonchev–Trinajstić information content (AvgIpc) is 2.42. The van der Waals surface area contributed by atoms with Crippen LogP contribution in [0.3, 0.4) is 0 Å². The average molecular weight is 349 g/mol. The van der Waals surface area contributed by atoms with Crippen molar-refractivity contribution in [3.8, 4) is 0 Å². The predicted molar refractivity (Wildman–Crippen MR) is 74.5 cm³/mol. The number of nitrogens with one attached hydrogen (secondary N) is 2. The first-order valence-corrected chi connectivity index (χ1v) is 7.11. The molecule has 110 valence electrons. The van der Waals surface area contributed by atoms with Crippen LogP contribution in [0.25, 0.3) is 0 Å². The van der Waals surface area contributed by atoms with Gasteiger partial charge < -0.3 is 15.4 Å². The lowest BCUT2D eigenvalue weighted by Crippen LogP contribution is -2.41. The molecule has 2 rings (SSSR count). The molecule has 0 bridgehead atoms. The van der Waals surface area contributed by atoms with Gasteiger partial charge in [0.2, 0.25) is 5.91 Å². The van der Waals surface area contributed by atoms with Crippen LogP contribution in [0, 0.1) is 11.6 Å². The van der Waals surface area contributed by atoms with Crippen LogP contribution in [-0.4, -0.2) is 31.7 Å². The molecular formula is C13H15BrF2N2O2. The third kappa shape index (κ3) is 4.14. The molecule has 1 heterocycles. The molecule has 0 aliphatic carbocycles. The van der Waals surface area contributed by atoms with Gasteiger partial charge in [0.1, 0.15) is 11.6 Å². The molecule has 1 saturated heterocycles. The van der Waals surface area contributed by atoms with Crippen LogP contribution in [0.4, 0.5) is 14.5 Å². The second-order valence-electron chi connectivity index (χ2n) is 4.55. The molecule has 1 aromatic rings. The van der Waals surface area contributed by atoms with Gasteiger partial charge in [0.15, 0.2) is 0 Å². The smallest absolute Gasteiger partial charge is 0.239 e. The molecule has 0 radical (unpaired) electrons. The number of anilines is 1. The molecule has 7 heteroatoms. The second-order valence-corrected chi connectivity index (χ2v) is 5.41. The Morgan fingerprint density at radius 2 is 2.00 bits per heavy atom. The third-order valence-corrected chi connectivity index (χ3v) is 3.64. The van der Waals surface area contributed by atoms with E-state index in [9.17, 15) is 13.6 Å². The van der Waals surface area contributed by atoms with Gasteiger partial charge in [0.25, 0.3) is 0 Å². The summed E-state index contributed by atoms with van der Waals surface area (Å²) in [5.74, 6) is -1.64. The van der Waals surface area contributed by atoms with Crippen molar-refractivity contribution < 1.29 is 18.3 Å². The molecule has 20 heavy (non-hydrogen) atoms. The lowest BCUT2D eigenvalue weighted by molar-refractivity contribution is -0.120. The predicted octanol–water partition coefficient (Wildman–Crippen LogP) is 2.43. The minimum atomic E-state index is -0.732. The Bertz CT molecular complexity index is 494. The standard InChI is InChI=1S/C13H15BrF2N2O2/c14-9-5-12(11(16)6-10(9)15)17-7-13(19)18-8-1-3-20-4-2-8/h5-6,8,17H,1-4,7H2,(H,18,19). The Labute approximate surface area is 124 Å². The summed E-state index contributed by atoms with van der Waals surface area (Å²) in [6, 6.07) is 2.14. The fourth-order valence-electron chi connectivity index (χ4n) is 1.95. The van der Waals surface area contributed by atoms with Crippen molar-refractivity contribution in [2.75, 3.05) is 25.1 Å². The summed E-state index contributed by atoms with van der Waals surface area (Å²) in [4.78, 5) is 11.7. The molecule has 0 spiro atoms. The van der Waals surface area contributed by atoms with E-state index in [0.717, 1.165) is 18.9 Å². The van der Waals surface area contributed by atoms with Gasteiger partial charge in [-0.1, -0.05) is 0 Å². The van der Waals surface area contributed by atoms with Crippen molar-refractivity contribution in [2.45, 2.75) is 18.9 Å². The van der Waals surface area contributed by atoms with E-state index in [2.05, 4.69) is 26.6 Å². The number of halogens is 3. The van der Waals surface area contributed by atoms with Gasteiger partial charge in [-0.15, -0.1) is 0 Å². The molecule has 1 aliphatic heterocycles. The van der Waals surface area contributed by atoms with Crippen molar-refractivity contribution in [1.29, 1.82) is 0 Å². The maximum Gasteiger partial charge on any atom is 0.239 e. The topological polar surface area (TPSA) is 50.4 Å². The van der Waals surface area contributed by atoms with Gasteiger partial charge in [-0.2, -0.15) is 0 Å². The molecule has 0 atom stereocenters. The maximum absolute atomic E-state index is 13.5. The number of benzene rings is 1. The molecule has 1 aliphatic rings. The van der Waals surface area contributed by atoms with Gasteiger partial charge >= 0.3 is 0 Å². The summed E-state index contributed by atoms with van der Waals surface area (Å²) in [7, 11) is 0. The highest BCUT2D eigenvalue weighted by molar-refractivity contribution is 9.10. The zero-order valence-electron chi connectivity index (χ0n) is 10.7. The van der Waals surface area contributed by atoms with E-state index in [1.807, 2.05) is 0 Å². The Hall–Kier alpha value is -1.21. The minimum absolute atomic E-state index is 0.0631. The Balaban J connectivity index is 1.85. The Morgan fingerprint density at radius 3 is 2.70 bits per heavy atom. The lowest BCUT2D eigenvalue weighted by atomic mass is 10.1. The van der Waals surface area contributed by atoms with Crippen molar-refractivity contribution in [2.24, 2.45) is 0 Å². The third-order valence-electron chi connectivity index (χ3n) is 3.04. The maximum atomic E-state index is 13.5. The van der Waals surface area contributed by atoms with Crippen LogP contribution in [-0.2, 0) is 9.53 Å². The molecule has 4 nitrogen and oxygen atoms in total.